The van der Waals surface area contributed by atoms with Crippen molar-refractivity contribution in [2.45, 2.75) is 19.9 Å². The third kappa shape index (κ3) is 4.75. The van der Waals surface area contributed by atoms with Crippen LogP contribution in [0.15, 0.2) is 42.5 Å². The number of amides is 3. The molecule has 1 N–H and O–H groups in total. The summed E-state index contributed by atoms with van der Waals surface area (Å²) in [6, 6.07) is 12.5. The van der Waals surface area contributed by atoms with Crippen LogP contribution in [0, 0.1) is 0 Å². The van der Waals surface area contributed by atoms with E-state index in [1.54, 1.807) is 41.1 Å². The van der Waals surface area contributed by atoms with E-state index >= 15 is 0 Å². The molecule has 3 rings (SSSR count). The molecule has 0 spiro atoms. The van der Waals surface area contributed by atoms with Crippen molar-refractivity contribution in [2.75, 3.05) is 50.6 Å². The Morgan fingerprint density at radius 1 is 0.969 bits per heavy atom. The molecule has 32 heavy (non-hydrogen) atoms. The van der Waals surface area contributed by atoms with Gasteiger partial charge < -0.3 is 19.8 Å². The fourth-order valence-corrected chi connectivity index (χ4v) is 3.94. The Hall–Kier alpha value is -3.39. The lowest BCUT2D eigenvalue weighted by molar-refractivity contribution is -0.117. The van der Waals surface area contributed by atoms with Gasteiger partial charge in [-0.3, -0.25) is 14.5 Å². The minimum atomic E-state index is -1.06. The summed E-state index contributed by atoms with van der Waals surface area (Å²) in [6.45, 7) is 4.94. The van der Waals surface area contributed by atoms with E-state index in [9.17, 15) is 19.5 Å². The SMILES string of the molecule is CC(=O)N1c2ccc(-c3ccc(C(=O)N(C)CCN(C)C)cc3)cc2N(C(=O)O)C[C@@H]1C. The molecular weight excluding hydrogens is 408 g/mol. The van der Waals surface area contributed by atoms with E-state index in [4.69, 9.17) is 0 Å². The molecule has 8 nitrogen and oxygen atoms in total. The van der Waals surface area contributed by atoms with Gasteiger partial charge in [-0.05, 0) is 56.4 Å². The second-order valence-corrected chi connectivity index (χ2v) is 8.44. The van der Waals surface area contributed by atoms with Crippen LogP contribution in [0.5, 0.6) is 0 Å². The highest BCUT2D eigenvalue weighted by atomic mass is 16.4. The van der Waals surface area contributed by atoms with Crippen LogP contribution in [0.25, 0.3) is 11.1 Å². The molecule has 3 amide bonds. The molecule has 2 aromatic rings. The topological polar surface area (TPSA) is 84.4 Å². The van der Waals surface area contributed by atoms with E-state index in [-0.39, 0.29) is 24.4 Å². The van der Waals surface area contributed by atoms with Gasteiger partial charge in [0.2, 0.25) is 5.91 Å². The molecule has 0 radical (unpaired) electrons. The van der Waals surface area contributed by atoms with E-state index in [1.807, 2.05) is 44.1 Å². The summed E-state index contributed by atoms with van der Waals surface area (Å²) in [6.07, 6.45) is -1.06. The molecule has 0 fully saturated rings. The molecule has 0 aromatic heterocycles. The highest BCUT2D eigenvalue weighted by Gasteiger charge is 2.33. The Morgan fingerprint density at radius 2 is 1.59 bits per heavy atom. The number of carbonyl (C=O) groups is 3. The Morgan fingerprint density at radius 3 is 2.16 bits per heavy atom. The van der Waals surface area contributed by atoms with E-state index in [0.29, 0.717) is 23.5 Å². The van der Waals surface area contributed by atoms with Gasteiger partial charge in [0.1, 0.15) is 0 Å². The van der Waals surface area contributed by atoms with Gasteiger partial charge in [0.15, 0.2) is 0 Å². The third-order valence-corrected chi connectivity index (χ3v) is 5.68. The molecular formula is C24H30N4O4. The standard InChI is InChI=1S/C24H30N4O4/c1-16-15-27(24(31)32)22-14-20(10-11-21(22)28(16)17(2)29)18-6-8-19(9-7-18)23(30)26(5)13-12-25(3)4/h6-11,14,16H,12-13,15H2,1-5H3,(H,31,32)/t16-/m0/s1. The van der Waals surface area contributed by atoms with Crippen LogP contribution in [-0.2, 0) is 4.79 Å². The average molecular weight is 439 g/mol. The second-order valence-electron chi connectivity index (χ2n) is 8.44. The molecule has 0 saturated carbocycles. The molecule has 2 aromatic carbocycles. The molecule has 1 aliphatic rings. The molecule has 8 heteroatoms. The van der Waals surface area contributed by atoms with Crippen molar-refractivity contribution < 1.29 is 19.5 Å². The number of carbonyl (C=O) groups excluding carboxylic acids is 2. The number of hydrogen-bond donors (Lipinski definition) is 1. The first-order chi connectivity index (χ1) is 15.1. The molecule has 0 aliphatic carbocycles. The lowest BCUT2D eigenvalue weighted by Crippen LogP contribution is -2.51. The van der Waals surface area contributed by atoms with Gasteiger partial charge in [-0.2, -0.15) is 0 Å². The molecule has 0 unspecified atom stereocenters. The van der Waals surface area contributed by atoms with Crippen molar-refractivity contribution in [2.24, 2.45) is 0 Å². The van der Waals surface area contributed by atoms with E-state index in [2.05, 4.69) is 0 Å². The minimum absolute atomic E-state index is 0.0491. The fraction of sp³-hybridized carbons (Fsp3) is 0.375. The summed E-state index contributed by atoms with van der Waals surface area (Å²) >= 11 is 0. The average Bonchev–Trinajstić information content (AvgIpc) is 2.75. The zero-order valence-corrected chi connectivity index (χ0v) is 19.2. The molecule has 0 bridgehead atoms. The van der Waals surface area contributed by atoms with E-state index < -0.39 is 6.09 Å². The number of anilines is 2. The van der Waals surface area contributed by atoms with Gasteiger partial charge in [0.05, 0.1) is 17.4 Å². The number of carboxylic acid groups (broad SMARTS) is 1. The quantitative estimate of drug-likeness (QED) is 0.775. The largest absolute Gasteiger partial charge is 0.465 e. The van der Waals surface area contributed by atoms with Crippen LogP contribution < -0.4 is 9.80 Å². The normalized spacial score (nSPS) is 15.5. The molecule has 0 saturated heterocycles. The van der Waals surface area contributed by atoms with Crippen LogP contribution in [0.1, 0.15) is 24.2 Å². The summed E-state index contributed by atoms with van der Waals surface area (Å²) in [5, 5.41) is 9.69. The summed E-state index contributed by atoms with van der Waals surface area (Å²) in [4.78, 5) is 43.3. The van der Waals surface area contributed by atoms with Crippen LogP contribution in [0.2, 0.25) is 0 Å². The Balaban J connectivity index is 1.89. The van der Waals surface area contributed by atoms with Gasteiger partial charge in [0.25, 0.3) is 5.91 Å². The predicted molar refractivity (Wildman–Crippen MR) is 125 cm³/mol. The van der Waals surface area contributed by atoms with Crippen molar-refractivity contribution >= 4 is 29.3 Å². The van der Waals surface area contributed by atoms with Crippen molar-refractivity contribution in [3.8, 4) is 11.1 Å². The lowest BCUT2D eigenvalue weighted by atomic mass is 9.99. The number of benzene rings is 2. The van der Waals surface area contributed by atoms with Gasteiger partial charge in [0, 0.05) is 39.2 Å². The molecule has 1 heterocycles. The monoisotopic (exact) mass is 438 g/mol. The van der Waals surface area contributed by atoms with Crippen molar-refractivity contribution in [3.05, 3.63) is 48.0 Å². The van der Waals surface area contributed by atoms with Gasteiger partial charge in [-0.1, -0.05) is 18.2 Å². The first kappa shape index (κ1) is 23.3. The summed E-state index contributed by atoms with van der Waals surface area (Å²) in [5.41, 5.74) is 3.33. The maximum Gasteiger partial charge on any atom is 0.411 e. The van der Waals surface area contributed by atoms with Crippen molar-refractivity contribution in [1.29, 1.82) is 0 Å². The number of likely N-dealkylation sites (N-methyl/N-ethyl adjacent to an activating group) is 2. The summed E-state index contributed by atoms with van der Waals surface area (Å²) in [5.74, 6) is -0.176. The number of fused-ring (bicyclic) bond motifs is 1. The summed E-state index contributed by atoms with van der Waals surface area (Å²) in [7, 11) is 5.71. The van der Waals surface area contributed by atoms with Crippen molar-refractivity contribution in [1.82, 2.24) is 9.80 Å². The second kappa shape index (κ2) is 9.40. The zero-order chi connectivity index (χ0) is 23.6. The number of hydrogen-bond acceptors (Lipinski definition) is 4. The number of rotatable bonds is 5. The van der Waals surface area contributed by atoms with E-state index in [1.165, 1.54) is 11.8 Å². The fourth-order valence-electron chi connectivity index (χ4n) is 3.94. The highest BCUT2D eigenvalue weighted by Crippen LogP contribution is 2.39. The van der Waals surface area contributed by atoms with Crippen LogP contribution >= 0.6 is 0 Å². The maximum absolute atomic E-state index is 12.6. The Bertz CT molecular complexity index is 1020. The molecule has 1 aliphatic heterocycles. The van der Waals surface area contributed by atoms with Crippen LogP contribution in [0.4, 0.5) is 16.2 Å². The van der Waals surface area contributed by atoms with Crippen LogP contribution in [-0.4, -0.2) is 79.6 Å². The first-order valence-corrected chi connectivity index (χ1v) is 10.5. The Kier molecular flexibility index (Phi) is 6.84. The predicted octanol–water partition coefficient (Wildman–Crippen LogP) is 3.23. The minimum Gasteiger partial charge on any atom is -0.465 e. The summed E-state index contributed by atoms with van der Waals surface area (Å²) < 4.78 is 0. The third-order valence-electron chi connectivity index (χ3n) is 5.68. The highest BCUT2D eigenvalue weighted by molar-refractivity contribution is 6.03. The zero-order valence-electron chi connectivity index (χ0n) is 19.2. The van der Waals surface area contributed by atoms with Gasteiger partial charge >= 0.3 is 6.09 Å². The smallest absolute Gasteiger partial charge is 0.411 e. The maximum atomic E-state index is 12.6. The van der Waals surface area contributed by atoms with Gasteiger partial charge in [-0.25, -0.2) is 4.79 Å². The van der Waals surface area contributed by atoms with Gasteiger partial charge in [-0.15, -0.1) is 0 Å². The van der Waals surface area contributed by atoms with Crippen molar-refractivity contribution in [3.63, 3.8) is 0 Å². The Labute approximate surface area is 188 Å². The number of nitrogens with zero attached hydrogens (tertiary/aromatic N) is 4. The molecule has 1 atom stereocenters. The molecule has 170 valence electrons. The first-order valence-electron chi connectivity index (χ1n) is 10.5. The van der Waals surface area contributed by atoms with Crippen LogP contribution in [0.3, 0.4) is 0 Å². The van der Waals surface area contributed by atoms with E-state index in [0.717, 1.165) is 17.7 Å². The lowest BCUT2D eigenvalue weighted by Gasteiger charge is -2.39.